The zero-order valence-electron chi connectivity index (χ0n) is 14.6. The first-order valence-electron chi connectivity index (χ1n) is 7.95. The average molecular weight is 342 g/mol. The normalized spacial score (nSPS) is 11.2. The molecule has 0 unspecified atom stereocenters. The molecule has 1 aromatic carbocycles. The van der Waals surface area contributed by atoms with E-state index in [-0.39, 0.29) is 17.6 Å². The molecule has 131 valence electrons. The number of nitrogens with zero attached hydrogens (tertiary/aromatic N) is 1. The molecule has 0 aliphatic heterocycles. The van der Waals surface area contributed by atoms with Gasteiger partial charge in [0.25, 0.3) is 0 Å². The highest BCUT2D eigenvalue weighted by molar-refractivity contribution is 6.74. The van der Waals surface area contributed by atoms with E-state index < -0.39 is 5.95 Å². The Labute approximate surface area is 148 Å². The standard InChI is InChI=1S/C18H22BFN3O2/c1-12-5-4-6-14(17(21)19-25-11-18(2,3)10-24)16(12)23-13-7-8-15(20)22-9-13/h4-9,21,23-24H,10-11H2,1-3H3. The summed E-state index contributed by atoms with van der Waals surface area (Å²) in [6.45, 7) is 5.99. The first-order valence-corrected chi connectivity index (χ1v) is 7.95. The SMILES string of the molecule is Cc1cccc(C(=N)[B]OCC(C)(C)CO)c1Nc1ccc(F)nc1. The number of halogens is 1. The Morgan fingerprint density at radius 2 is 2.12 bits per heavy atom. The molecule has 0 spiro atoms. The van der Waals surface area contributed by atoms with Crippen LogP contribution in [0.5, 0.6) is 0 Å². The third-order valence-corrected chi connectivity index (χ3v) is 3.66. The van der Waals surface area contributed by atoms with E-state index in [4.69, 9.17) is 10.1 Å². The van der Waals surface area contributed by atoms with E-state index in [1.165, 1.54) is 19.7 Å². The highest BCUT2D eigenvalue weighted by atomic mass is 19.1. The number of aliphatic hydroxyl groups excluding tert-OH is 1. The zero-order valence-corrected chi connectivity index (χ0v) is 14.6. The smallest absolute Gasteiger partial charge is 0.351 e. The van der Waals surface area contributed by atoms with Crippen molar-refractivity contribution in [1.29, 1.82) is 5.41 Å². The molecule has 1 radical (unpaired) electrons. The Kier molecular flexibility index (Phi) is 6.28. The molecule has 0 saturated carbocycles. The maximum atomic E-state index is 13.0. The number of hydrogen-bond donors (Lipinski definition) is 3. The summed E-state index contributed by atoms with van der Waals surface area (Å²) in [5.74, 6) is -0.545. The van der Waals surface area contributed by atoms with Crippen molar-refractivity contribution in [3.05, 3.63) is 53.6 Å². The van der Waals surface area contributed by atoms with Crippen LogP contribution in [0.25, 0.3) is 0 Å². The lowest BCUT2D eigenvalue weighted by atomic mass is 9.83. The number of rotatable bonds is 8. The minimum Gasteiger partial charge on any atom is -0.432 e. The van der Waals surface area contributed by atoms with Crippen molar-refractivity contribution in [3.63, 3.8) is 0 Å². The molecule has 1 aromatic heterocycles. The lowest BCUT2D eigenvalue weighted by molar-refractivity contribution is 0.101. The molecule has 0 atom stereocenters. The number of anilines is 2. The van der Waals surface area contributed by atoms with Gasteiger partial charge in [0.15, 0.2) is 0 Å². The van der Waals surface area contributed by atoms with Crippen molar-refractivity contribution in [2.45, 2.75) is 20.8 Å². The number of pyridine rings is 1. The molecular formula is C18H22BFN3O2. The van der Waals surface area contributed by atoms with E-state index in [2.05, 4.69) is 10.3 Å². The average Bonchev–Trinajstić information content (AvgIpc) is 2.58. The molecule has 2 rings (SSSR count). The van der Waals surface area contributed by atoms with Crippen LogP contribution in [0.4, 0.5) is 15.8 Å². The molecule has 0 fully saturated rings. The third kappa shape index (κ3) is 5.37. The summed E-state index contributed by atoms with van der Waals surface area (Å²) < 4.78 is 18.4. The van der Waals surface area contributed by atoms with Crippen LogP contribution in [0.2, 0.25) is 0 Å². The van der Waals surface area contributed by atoms with Crippen LogP contribution < -0.4 is 5.32 Å². The van der Waals surface area contributed by atoms with Gasteiger partial charge in [-0.25, -0.2) is 4.98 Å². The molecule has 0 aliphatic rings. The van der Waals surface area contributed by atoms with E-state index >= 15 is 0 Å². The van der Waals surface area contributed by atoms with Crippen molar-refractivity contribution in [1.82, 2.24) is 4.98 Å². The minimum atomic E-state index is -0.545. The predicted molar refractivity (Wildman–Crippen MR) is 98.1 cm³/mol. The maximum absolute atomic E-state index is 13.0. The van der Waals surface area contributed by atoms with Gasteiger partial charge >= 0.3 is 7.48 Å². The summed E-state index contributed by atoms with van der Waals surface area (Å²) in [7, 11) is 1.38. The van der Waals surface area contributed by atoms with E-state index in [0.717, 1.165) is 11.3 Å². The lowest BCUT2D eigenvalue weighted by Gasteiger charge is -2.21. The van der Waals surface area contributed by atoms with Crippen molar-refractivity contribution in [3.8, 4) is 0 Å². The first kappa shape index (κ1) is 19.1. The summed E-state index contributed by atoms with van der Waals surface area (Å²) in [6, 6.07) is 8.46. The van der Waals surface area contributed by atoms with Crippen LogP contribution in [-0.4, -0.2) is 36.4 Å². The second-order valence-corrected chi connectivity index (χ2v) is 6.66. The van der Waals surface area contributed by atoms with Crippen LogP contribution in [0.15, 0.2) is 36.5 Å². The fourth-order valence-electron chi connectivity index (χ4n) is 2.11. The van der Waals surface area contributed by atoms with Gasteiger partial charge < -0.3 is 20.5 Å². The number of aliphatic hydroxyl groups is 1. The molecule has 0 saturated heterocycles. The fraction of sp³-hybridized carbons (Fsp3) is 0.333. The second kappa shape index (κ2) is 8.22. The van der Waals surface area contributed by atoms with Gasteiger partial charge in [-0.3, -0.25) is 0 Å². The Morgan fingerprint density at radius 1 is 1.36 bits per heavy atom. The van der Waals surface area contributed by atoms with Crippen molar-refractivity contribution in [2.75, 3.05) is 18.5 Å². The van der Waals surface area contributed by atoms with Crippen molar-refractivity contribution < 1.29 is 14.2 Å². The summed E-state index contributed by atoms with van der Waals surface area (Å²) >= 11 is 0. The number of hydrogen-bond acceptors (Lipinski definition) is 5. The van der Waals surface area contributed by atoms with E-state index in [1.54, 1.807) is 6.07 Å². The van der Waals surface area contributed by atoms with Gasteiger partial charge in [-0.15, -0.1) is 0 Å². The monoisotopic (exact) mass is 342 g/mol. The third-order valence-electron chi connectivity index (χ3n) is 3.66. The fourth-order valence-corrected chi connectivity index (χ4v) is 2.11. The van der Waals surface area contributed by atoms with Gasteiger partial charge in [0.2, 0.25) is 5.95 Å². The summed E-state index contributed by atoms with van der Waals surface area (Å²) in [4.78, 5) is 3.63. The van der Waals surface area contributed by atoms with Crippen LogP contribution >= 0.6 is 0 Å². The van der Waals surface area contributed by atoms with Crippen LogP contribution in [0.1, 0.15) is 25.0 Å². The summed E-state index contributed by atoms with van der Waals surface area (Å²) in [5, 5.41) is 20.7. The van der Waals surface area contributed by atoms with E-state index in [0.29, 0.717) is 17.9 Å². The largest absolute Gasteiger partial charge is 0.432 e. The van der Waals surface area contributed by atoms with E-state index in [1.807, 2.05) is 39.0 Å². The van der Waals surface area contributed by atoms with Crippen LogP contribution in [-0.2, 0) is 4.65 Å². The molecule has 0 amide bonds. The number of aromatic nitrogens is 1. The minimum absolute atomic E-state index is 0.00297. The second-order valence-electron chi connectivity index (χ2n) is 6.66. The maximum Gasteiger partial charge on any atom is 0.351 e. The molecule has 25 heavy (non-hydrogen) atoms. The van der Waals surface area contributed by atoms with Crippen LogP contribution in [0.3, 0.4) is 0 Å². The van der Waals surface area contributed by atoms with Gasteiger partial charge in [-0.1, -0.05) is 32.0 Å². The molecular weight excluding hydrogens is 320 g/mol. The highest BCUT2D eigenvalue weighted by Gasteiger charge is 2.18. The number of nitrogens with one attached hydrogen (secondary N) is 2. The van der Waals surface area contributed by atoms with Gasteiger partial charge in [0.1, 0.15) is 0 Å². The summed E-state index contributed by atoms with van der Waals surface area (Å²) in [5.41, 5.74) is 2.80. The van der Waals surface area contributed by atoms with E-state index in [9.17, 15) is 9.50 Å². The van der Waals surface area contributed by atoms with Gasteiger partial charge in [0.05, 0.1) is 18.5 Å². The number of benzene rings is 1. The Balaban J connectivity index is 2.13. The molecule has 5 nitrogen and oxygen atoms in total. The highest BCUT2D eigenvalue weighted by Crippen LogP contribution is 2.25. The molecule has 3 N–H and O–H groups in total. The number of aryl methyl sites for hydroxylation is 1. The molecule has 7 heteroatoms. The summed E-state index contributed by atoms with van der Waals surface area (Å²) in [6.07, 6.45) is 1.40. The Hall–Kier alpha value is -2.25. The van der Waals surface area contributed by atoms with Crippen molar-refractivity contribution in [2.24, 2.45) is 5.41 Å². The number of para-hydroxylation sites is 1. The molecule has 1 heterocycles. The molecule has 2 aromatic rings. The molecule has 0 aliphatic carbocycles. The predicted octanol–water partition coefficient (Wildman–Crippen LogP) is 3.25. The molecule has 0 bridgehead atoms. The van der Waals surface area contributed by atoms with Gasteiger partial charge in [0, 0.05) is 28.9 Å². The van der Waals surface area contributed by atoms with Gasteiger partial charge in [-0.2, -0.15) is 4.39 Å². The Morgan fingerprint density at radius 3 is 2.76 bits per heavy atom. The topological polar surface area (TPSA) is 78.2 Å². The van der Waals surface area contributed by atoms with Crippen LogP contribution in [0, 0.1) is 23.7 Å². The quantitative estimate of drug-likeness (QED) is 0.391. The zero-order chi connectivity index (χ0) is 18.4. The van der Waals surface area contributed by atoms with Gasteiger partial charge in [-0.05, 0) is 24.6 Å². The van der Waals surface area contributed by atoms with Crippen molar-refractivity contribution >= 4 is 24.5 Å². The lowest BCUT2D eigenvalue weighted by Crippen LogP contribution is -2.27. The first-order chi connectivity index (χ1) is 11.8. The Bertz CT molecular complexity index is 736.